The lowest BCUT2D eigenvalue weighted by atomic mass is 10.2. The summed E-state index contributed by atoms with van der Waals surface area (Å²) in [6, 6.07) is 6.92. The number of amides is 2. The van der Waals surface area contributed by atoms with Crippen LogP contribution in [0, 0.1) is 0 Å². The molecule has 0 bridgehead atoms. The second kappa shape index (κ2) is 5.92. The quantitative estimate of drug-likeness (QED) is 0.884. The first-order valence-electron chi connectivity index (χ1n) is 6.02. The van der Waals surface area contributed by atoms with Crippen molar-refractivity contribution in [1.29, 1.82) is 0 Å². The summed E-state index contributed by atoms with van der Waals surface area (Å²) in [6.07, 6.45) is 3.06. The molecule has 2 amide bonds. The molecule has 20 heavy (non-hydrogen) atoms. The SMILES string of the molecule is CNC(=O)c1ccc(-c2ccc(NC(C)=O)cn2)nc1. The fraction of sp³-hybridized carbons (Fsp3) is 0.143. The van der Waals surface area contributed by atoms with Crippen molar-refractivity contribution in [3.05, 3.63) is 42.2 Å². The van der Waals surface area contributed by atoms with Crippen molar-refractivity contribution in [2.24, 2.45) is 0 Å². The molecule has 0 saturated heterocycles. The van der Waals surface area contributed by atoms with Crippen LogP contribution < -0.4 is 10.6 Å². The zero-order chi connectivity index (χ0) is 14.5. The highest BCUT2D eigenvalue weighted by atomic mass is 16.2. The predicted molar refractivity (Wildman–Crippen MR) is 75.2 cm³/mol. The molecule has 0 aliphatic heterocycles. The third-order valence-electron chi connectivity index (χ3n) is 2.60. The van der Waals surface area contributed by atoms with Gasteiger partial charge in [-0.15, -0.1) is 0 Å². The first-order valence-corrected chi connectivity index (χ1v) is 6.02. The fourth-order valence-electron chi connectivity index (χ4n) is 1.65. The Labute approximate surface area is 116 Å². The van der Waals surface area contributed by atoms with Gasteiger partial charge >= 0.3 is 0 Å². The highest BCUT2D eigenvalue weighted by molar-refractivity contribution is 5.93. The second-order valence-electron chi connectivity index (χ2n) is 4.12. The zero-order valence-electron chi connectivity index (χ0n) is 11.2. The van der Waals surface area contributed by atoms with Gasteiger partial charge in [-0.2, -0.15) is 0 Å². The number of anilines is 1. The fourth-order valence-corrected chi connectivity index (χ4v) is 1.65. The van der Waals surface area contributed by atoms with Crippen LogP contribution in [0.15, 0.2) is 36.7 Å². The predicted octanol–water partition coefficient (Wildman–Crippen LogP) is 1.46. The molecular formula is C14H14N4O2. The van der Waals surface area contributed by atoms with Crippen molar-refractivity contribution in [2.75, 3.05) is 12.4 Å². The van der Waals surface area contributed by atoms with E-state index >= 15 is 0 Å². The highest BCUT2D eigenvalue weighted by Gasteiger charge is 2.06. The van der Waals surface area contributed by atoms with Crippen molar-refractivity contribution >= 4 is 17.5 Å². The van der Waals surface area contributed by atoms with E-state index in [1.165, 1.54) is 13.1 Å². The summed E-state index contributed by atoms with van der Waals surface area (Å²) in [5.74, 6) is -0.328. The van der Waals surface area contributed by atoms with Crippen molar-refractivity contribution in [1.82, 2.24) is 15.3 Å². The third-order valence-corrected chi connectivity index (χ3v) is 2.60. The number of hydrogen-bond donors (Lipinski definition) is 2. The van der Waals surface area contributed by atoms with E-state index in [-0.39, 0.29) is 11.8 Å². The molecule has 0 aromatic carbocycles. The van der Waals surface area contributed by atoms with Crippen LogP contribution in [0.4, 0.5) is 5.69 Å². The molecule has 2 rings (SSSR count). The van der Waals surface area contributed by atoms with Crippen LogP contribution in [0.2, 0.25) is 0 Å². The van der Waals surface area contributed by atoms with Gasteiger partial charge in [0.15, 0.2) is 0 Å². The number of hydrogen-bond acceptors (Lipinski definition) is 4. The summed E-state index contributed by atoms with van der Waals surface area (Å²) in [6.45, 7) is 1.44. The van der Waals surface area contributed by atoms with Crippen molar-refractivity contribution in [3.63, 3.8) is 0 Å². The molecule has 102 valence electrons. The molecule has 0 saturated carbocycles. The van der Waals surface area contributed by atoms with E-state index in [9.17, 15) is 9.59 Å². The number of aromatic nitrogens is 2. The molecular weight excluding hydrogens is 256 g/mol. The van der Waals surface area contributed by atoms with Gasteiger partial charge in [0.2, 0.25) is 5.91 Å². The molecule has 0 atom stereocenters. The summed E-state index contributed by atoms with van der Waals surface area (Å²) >= 11 is 0. The maximum Gasteiger partial charge on any atom is 0.252 e. The van der Waals surface area contributed by atoms with E-state index in [1.54, 1.807) is 37.5 Å². The third kappa shape index (κ3) is 3.17. The average Bonchev–Trinajstić information content (AvgIpc) is 2.47. The van der Waals surface area contributed by atoms with E-state index in [0.29, 0.717) is 22.6 Å². The molecule has 6 heteroatoms. The number of nitrogens with zero attached hydrogens (tertiary/aromatic N) is 2. The van der Waals surface area contributed by atoms with Gasteiger partial charge in [0.05, 0.1) is 28.8 Å². The normalized spacial score (nSPS) is 9.90. The second-order valence-corrected chi connectivity index (χ2v) is 4.12. The lowest BCUT2D eigenvalue weighted by molar-refractivity contribution is -0.114. The minimum Gasteiger partial charge on any atom is -0.355 e. The van der Waals surface area contributed by atoms with Crippen LogP contribution >= 0.6 is 0 Å². The first kappa shape index (κ1) is 13.7. The number of carbonyl (C=O) groups excluding carboxylic acids is 2. The molecule has 2 aromatic heterocycles. The standard InChI is InChI=1S/C14H14N4O2/c1-9(19)18-11-4-6-13(17-8-11)12-5-3-10(7-16-12)14(20)15-2/h3-8H,1-2H3,(H,15,20)(H,18,19). The highest BCUT2D eigenvalue weighted by Crippen LogP contribution is 2.16. The number of rotatable bonds is 3. The minimum atomic E-state index is -0.182. The lowest BCUT2D eigenvalue weighted by Gasteiger charge is -2.04. The number of pyridine rings is 2. The molecule has 0 unspecified atom stereocenters. The van der Waals surface area contributed by atoms with Gasteiger partial charge in [-0.05, 0) is 24.3 Å². The number of nitrogens with one attached hydrogen (secondary N) is 2. The largest absolute Gasteiger partial charge is 0.355 e. The van der Waals surface area contributed by atoms with Crippen molar-refractivity contribution in [2.45, 2.75) is 6.92 Å². The Morgan fingerprint density at radius 3 is 2.10 bits per heavy atom. The van der Waals surface area contributed by atoms with Crippen LogP contribution in [0.3, 0.4) is 0 Å². The molecule has 0 aliphatic rings. The lowest BCUT2D eigenvalue weighted by Crippen LogP contribution is -2.17. The molecule has 2 heterocycles. The Morgan fingerprint density at radius 1 is 1.00 bits per heavy atom. The van der Waals surface area contributed by atoms with Gasteiger partial charge in [-0.25, -0.2) is 0 Å². The maximum absolute atomic E-state index is 11.4. The van der Waals surface area contributed by atoms with Crippen LogP contribution in [-0.2, 0) is 4.79 Å². The van der Waals surface area contributed by atoms with Crippen molar-refractivity contribution in [3.8, 4) is 11.4 Å². The average molecular weight is 270 g/mol. The summed E-state index contributed by atoms with van der Waals surface area (Å²) in [7, 11) is 1.57. The molecule has 6 nitrogen and oxygen atoms in total. The van der Waals surface area contributed by atoms with Crippen LogP contribution in [-0.4, -0.2) is 28.8 Å². The van der Waals surface area contributed by atoms with Gasteiger partial charge in [-0.1, -0.05) is 0 Å². The van der Waals surface area contributed by atoms with Crippen LogP contribution in [0.5, 0.6) is 0 Å². The topological polar surface area (TPSA) is 84.0 Å². The zero-order valence-corrected chi connectivity index (χ0v) is 11.2. The van der Waals surface area contributed by atoms with Gasteiger partial charge in [-0.3, -0.25) is 19.6 Å². The van der Waals surface area contributed by atoms with E-state index in [1.807, 2.05) is 0 Å². The number of carbonyl (C=O) groups is 2. The van der Waals surface area contributed by atoms with E-state index in [4.69, 9.17) is 0 Å². The van der Waals surface area contributed by atoms with E-state index in [2.05, 4.69) is 20.6 Å². The summed E-state index contributed by atoms with van der Waals surface area (Å²) < 4.78 is 0. The summed E-state index contributed by atoms with van der Waals surface area (Å²) in [5.41, 5.74) is 2.45. The van der Waals surface area contributed by atoms with Gasteiger partial charge in [0.1, 0.15) is 0 Å². The van der Waals surface area contributed by atoms with Crippen LogP contribution in [0.1, 0.15) is 17.3 Å². The summed E-state index contributed by atoms with van der Waals surface area (Å²) in [4.78, 5) is 30.7. The van der Waals surface area contributed by atoms with E-state index < -0.39 is 0 Å². The van der Waals surface area contributed by atoms with Gasteiger partial charge in [0, 0.05) is 20.2 Å². The summed E-state index contributed by atoms with van der Waals surface area (Å²) in [5, 5.41) is 5.17. The van der Waals surface area contributed by atoms with Gasteiger partial charge < -0.3 is 10.6 Å². The Balaban J connectivity index is 2.19. The Bertz CT molecular complexity index is 621. The molecule has 0 aliphatic carbocycles. The monoisotopic (exact) mass is 270 g/mol. The molecule has 0 fully saturated rings. The molecule has 2 aromatic rings. The van der Waals surface area contributed by atoms with E-state index in [0.717, 1.165) is 0 Å². The minimum absolute atomic E-state index is 0.146. The smallest absolute Gasteiger partial charge is 0.252 e. The molecule has 0 spiro atoms. The van der Waals surface area contributed by atoms with Crippen LogP contribution in [0.25, 0.3) is 11.4 Å². The molecule has 2 N–H and O–H groups in total. The Hall–Kier alpha value is -2.76. The maximum atomic E-state index is 11.4. The Morgan fingerprint density at radius 2 is 1.65 bits per heavy atom. The van der Waals surface area contributed by atoms with Gasteiger partial charge in [0.25, 0.3) is 5.91 Å². The first-order chi connectivity index (χ1) is 9.60. The van der Waals surface area contributed by atoms with Crippen molar-refractivity contribution < 1.29 is 9.59 Å². The Kier molecular flexibility index (Phi) is 4.05. The molecule has 0 radical (unpaired) electrons.